The Morgan fingerprint density at radius 1 is 1.20 bits per heavy atom. The fourth-order valence-electron chi connectivity index (χ4n) is 2.39. The standard InChI is InChI=1S/C18H20N4O2S/c1-13(2)17-20-21-18(22(17)11-15-9-6-10-24-15)25-12-16(23)19-14-7-4-3-5-8-14/h3-10,13H,11-12H2,1-2H3,(H,19,23). The molecule has 2 heterocycles. The number of nitrogens with zero attached hydrogens (tertiary/aromatic N) is 3. The van der Waals surface area contributed by atoms with E-state index in [1.54, 1.807) is 6.26 Å². The number of furan rings is 1. The molecule has 6 nitrogen and oxygen atoms in total. The smallest absolute Gasteiger partial charge is 0.234 e. The van der Waals surface area contributed by atoms with Crippen LogP contribution in [0.3, 0.4) is 0 Å². The van der Waals surface area contributed by atoms with E-state index in [1.807, 2.05) is 47.0 Å². The summed E-state index contributed by atoms with van der Waals surface area (Å²) in [5.41, 5.74) is 0.785. The summed E-state index contributed by atoms with van der Waals surface area (Å²) in [5, 5.41) is 12.1. The van der Waals surface area contributed by atoms with E-state index >= 15 is 0 Å². The molecule has 0 saturated heterocycles. The van der Waals surface area contributed by atoms with Crippen molar-refractivity contribution in [2.45, 2.75) is 31.5 Å². The van der Waals surface area contributed by atoms with Crippen molar-refractivity contribution in [3.63, 3.8) is 0 Å². The van der Waals surface area contributed by atoms with E-state index < -0.39 is 0 Å². The third-order valence-corrected chi connectivity index (χ3v) is 4.51. The van der Waals surface area contributed by atoms with Crippen LogP contribution in [0.25, 0.3) is 0 Å². The molecular formula is C18H20N4O2S. The highest BCUT2D eigenvalue weighted by atomic mass is 32.2. The molecule has 0 aliphatic carbocycles. The molecule has 0 aliphatic rings. The van der Waals surface area contributed by atoms with Crippen LogP contribution in [0, 0.1) is 0 Å². The van der Waals surface area contributed by atoms with Gasteiger partial charge in [0.15, 0.2) is 5.16 Å². The molecule has 7 heteroatoms. The number of rotatable bonds is 7. The van der Waals surface area contributed by atoms with Crippen LogP contribution in [0.2, 0.25) is 0 Å². The maximum absolute atomic E-state index is 12.1. The third-order valence-electron chi connectivity index (χ3n) is 3.55. The van der Waals surface area contributed by atoms with Crippen molar-refractivity contribution >= 4 is 23.4 Å². The van der Waals surface area contributed by atoms with Gasteiger partial charge >= 0.3 is 0 Å². The van der Waals surface area contributed by atoms with Crippen LogP contribution in [0.4, 0.5) is 5.69 Å². The van der Waals surface area contributed by atoms with E-state index in [9.17, 15) is 4.79 Å². The van der Waals surface area contributed by atoms with Gasteiger partial charge in [0.05, 0.1) is 18.6 Å². The first-order valence-corrected chi connectivity index (χ1v) is 9.05. The van der Waals surface area contributed by atoms with E-state index in [2.05, 4.69) is 29.4 Å². The van der Waals surface area contributed by atoms with E-state index in [0.717, 1.165) is 17.3 Å². The van der Waals surface area contributed by atoms with Gasteiger partial charge in [0.1, 0.15) is 11.6 Å². The zero-order valence-corrected chi connectivity index (χ0v) is 15.0. The molecule has 1 N–H and O–H groups in total. The topological polar surface area (TPSA) is 73.0 Å². The second-order valence-electron chi connectivity index (χ2n) is 5.86. The van der Waals surface area contributed by atoms with E-state index in [-0.39, 0.29) is 17.6 Å². The van der Waals surface area contributed by atoms with Gasteiger partial charge in [-0.25, -0.2) is 0 Å². The van der Waals surface area contributed by atoms with Gasteiger partial charge in [-0.3, -0.25) is 9.36 Å². The van der Waals surface area contributed by atoms with Crippen molar-refractivity contribution in [2.75, 3.05) is 11.1 Å². The summed E-state index contributed by atoms with van der Waals surface area (Å²) >= 11 is 1.37. The molecular weight excluding hydrogens is 336 g/mol. The molecule has 130 valence electrons. The van der Waals surface area contributed by atoms with E-state index in [4.69, 9.17) is 4.42 Å². The average molecular weight is 356 g/mol. The van der Waals surface area contributed by atoms with Crippen LogP contribution < -0.4 is 5.32 Å². The first-order valence-electron chi connectivity index (χ1n) is 8.06. The highest BCUT2D eigenvalue weighted by Gasteiger charge is 2.17. The van der Waals surface area contributed by atoms with Crippen LogP contribution in [0.1, 0.15) is 31.4 Å². The zero-order chi connectivity index (χ0) is 17.6. The number of thioether (sulfide) groups is 1. The Morgan fingerprint density at radius 2 is 2.00 bits per heavy atom. The summed E-state index contributed by atoms with van der Waals surface area (Å²) in [6, 6.07) is 13.2. The highest BCUT2D eigenvalue weighted by molar-refractivity contribution is 7.99. The zero-order valence-electron chi connectivity index (χ0n) is 14.2. The molecule has 0 radical (unpaired) electrons. The van der Waals surface area contributed by atoms with Crippen molar-refractivity contribution in [2.24, 2.45) is 0 Å². The van der Waals surface area contributed by atoms with Crippen LogP contribution >= 0.6 is 11.8 Å². The number of aromatic nitrogens is 3. The van der Waals surface area contributed by atoms with E-state index in [1.165, 1.54) is 11.8 Å². The number of para-hydroxylation sites is 1. The third kappa shape index (κ3) is 4.51. The lowest BCUT2D eigenvalue weighted by atomic mass is 10.2. The van der Waals surface area contributed by atoms with Crippen molar-refractivity contribution < 1.29 is 9.21 Å². The Hall–Kier alpha value is -2.54. The second-order valence-corrected chi connectivity index (χ2v) is 6.81. The van der Waals surface area contributed by atoms with Crippen molar-refractivity contribution in [1.29, 1.82) is 0 Å². The van der Waals surface area contributed by atoms with Gasteiger partial charge in [-0.05, 0) is 24.3 Å². The lowest BCUT2D eigenvalue weighted by Gasteiger charge is -2.10. The van der Waals surface area contributed by atoms with Crippen LogP contribution in [-0.2, 0) is 11.3 Å². The van der Waals surface area contributed by atoms with Crippen LogP contribution in [-0.4, -0.2) is 26.4 Å². The first kappa shape index (κ1) is 17.3. The largest absolute Gasteiger partial charge is 0.467 e. The van der Waals surface area contributed by atoms with Crippen LogP contribution in [0.15, 0.2) is 58.3 Å². The fraction of sp³-hybridized carbons (Fsp3) is 0.278. The minimum Gasteiger partial charge on any atom is -0.467 e. The summed E-state index contributed by atoms with van der Waals surface area (Å²) in [6.45, 7) is 4.69. The number of anilines is 1. The quantitative estimate of drug-likeness (QED) is 0.652. The Balaban J connectivity index is 1.68. The molecule has 0 unspecified atom stereocenters. The molecule has 0 saturated carbocycles. The summed E-state index contributed by atoms with van der Waals surface area (Å²) in [6.07, 6.45) is 1.65. The monoisotopic (exact) mass is 356 g/mol. The van der Waals surface area contributed by atoms with Gasteiger partial charge in [-0.2, -0.15) is 0 Å². The molecule has 0 atom stereocenters. The fourth-order valence-corrected chi connectivity index (χ4v) is 3.13. The summed E-state index contributed by atoms with van der Waals surface area (Å²) in [7, 11) is 0. The summed E-state index contributed by atoms with van der Waals surface area (Å²) in [4.78, 5) is 12.1. The Labute approximate surface area is 150 Å². The maximum Gasteiger partial charge on any atom is 0.234 e. The Kier molecular flexibility index (Phi) is 5.55. The average Bonchev–Trinajstić information content (AvgIpc) is 3.24. The molecule has 3 rings (SSSR count). The van der Waals surface area contributed by atoms with Crippen molar-refractivity contribution in [1.82, 2.24) is 14.8 Å². The van der Waals surface area contributed by atoms with Gasteiger partial charge < -0.3 is 9.73 Å². The minimum atomic E-state index is -0.0742. The number of nitrogens with one attached hydrogen (secondary N) is 1. The first-order chi connectivity index (χ1) is 12.1. The molecule has 3 aromatic rings. The summed E-state index contributed by atoms with van der Waals surface area (Å²) < 4.78 is 7.44. The molecule has 25 heavy (non-hydrogen) atoms. The molecule has 2 aromatic heterocycles. The molecule has 0 aliphatic heterocycles. The number of hydrogen-bond acceptors (Lipinski definition) is 5. The number of benzene rings is 1. The van der Waals surface area contributed by atoms with E-state index in [0.29, 0.717) is 11.7 Å². The number of amides is 1. The highest BCUT2D eigenvalue weighted by Crippen LogP contribution is 2.23. The molecule has 1 aromatic carbocycles. The lowest BCUT2D eigenvalue weighted by Crippen LogP contribution is -2.15. The van der Waals surface area contributed by atoms with Crippen molar-refractivity contribution in [3.05, 3.63) is 60.3 Å². The van der Waals surface area contributed by atoms with Crippen molar-refractivity contribution in [3.8, 4) is 0 Å². The SMILES string of the molecule is CC(C)c1nnc(SCC(=O)Nc2ccccc2)n1Cc1ccco1. The molecule has 0 fully saturated rings. The van der Waals surface area contributed by atoms with Gasteiger partial charge in [0.2, 0.25) is 5.91 Å². The molecule has 0 spiro atoms. The number of hydrogen-bond donors (Lipinski definition) is 1. The minimum absolute atomic E-state index is 0.0742. The Bertz CT molecular complexity index is 813. The molecule has 0 bridgehead atoms. The summed E-state index contributed by atoms with van der Waals surface area (Å²) in [5.74, 6) is 2.13. The predicted octanol–water partition coefficient (Wildman–Crippen LogP) is 3.77. The Morgan fingerprint density at radius 3 is 2.68 bits per heavy atom. The van der Waals surface area contributed by atoms with Crippen LogP contribution in [0.5, 0.6) is 0 Å². The van der Waals surface area contributed by atoms with Gasteiger partial charge in [0, 0.05) is 11.6 Å². The normalized spacial score (nSPS) is 11.0. The number of carbonyl (C=O) groups excluding carboxylic acids is 1. The molecule has 1 amide bonds. The second kappa shape index (κ2) is 8.02. The predicted molar refractivity (Wildman–Crippen MR) is 97.7 cm³/mol. The van der Waals surface area contributed by atoms with Gasteiger partial charge in [-0.1, -0.05) is 43.8 Å². The lowest BCUT2D eigenvalue weighted by molar-refractivity contribution is -0.113. The maximum atomic E-state index is 12.1. The van der Waals surface area contributed by atoms with Gasteiger partial charge in [0.25, 0.3) is 0 Å². The van der Waals surface area contributed by atoms with Gasteiger partial charge in [-0.15, -0.1) is 10.2 Å². The number of carbonyl (C=O) groups is 1.